The molecule has 21 heavy (non-hydrogen) atoms. The molecule has 0 saturated carbocycles. The van der Waals surface area contributed by atoms with Crippen molar-refractivity contribution in [3.8, 4) is 22.6 Å². The first-order chi connectivity index (χ1) is 10.1. The van der Waals surface area contributed by atoms with E-state index in [2.05, 4.69) is 69.0 Å². The van der Waals surface area contributed by atoms with Crippen molar-refractivity contribution in [3.05, 3.63) is 58.2 Å². The molecular formula is C17H15IN2O. The van der Waals surface area contributed by atoms with Crippen LogP contribution in [0.5, 0.6) is 0 Å². The molecular weight excluding hydrogens is 375 g/mol. The second-order valence-electron chi connectivity index (χ2n) is 5.02. The third kappa shape index (κ3) is 3.10. The minimum Gasteiger partial charge on any atom is -0.378 e. The standard InChI is InChI=1S/C17H15IN2O/c1-20(2)15-9-5-13(6-10-15)17-11-16(19-21-17)12-3-7-14(18)8-4-12/h3-11H,1-2H3. The maximum atomic E-state index is 5.47. The Morgan fingerprint density at radius 3 is 2.14 bits per heavy atom. The van der Waals surface area contributed by atoms with Gasteiger partial charge in [-0.05, 0) is 59.0 Å². The molecule has 0 aliphatic rings. The first-order valence-electron chi connectivity index (χ1n) is 6.64. The highest BCUT2D eigenvalue weighted by Gasteiger charge is 2.08. The van der Waals surface area contributed by atoms with Crippen molar-refractivity contribution in [3.63, 3.8) is 0 Å². The maximum absolute atomic E-state index is 5.47. The minimum absolute atomic E-state index is 0.786. The SMILES string of the molecule is CN(C)c1ccc(-c2cc(-c3ccc(I)cc3)no2)cc1. The van der Waals surface area contributed by atoms with Gasteiger partial charge in [0.1, 0.15) is 5.69 Å². The van der Waals surface area contributed by atoms with Gasteiger partial charge in [-0.25, -0.2) is 0 Å². The van der Waals surface area contributed by atoms with E-state index in [1.807, 2.05) is 32.3 Å². The van der Waals surface area contributed by atoms with Crippen molar-refractivity contribution < 1.29 is 4.52 Å². The summed E-state index contributed by atoms with van der Waals surface area (Å²) in [5.74, 6) is 0.786. The second kappa shape index (κ2) is 5.89. The molecule has 0 aliphatic heterocycles. The van der Waals surface area contributed by atoms with E-state index in [1.54, 1.807) is 0 Å². The monoisotopic (exact) mass is 390 g/mol. The normalized spacial score (nSPS) is 10.6. The van der Waals surface area contributed by atoms with Crippen LogP contribution in [0.2, 0.25) is 0 Å². The van der Waals surface area contributed by atoms with Crippen LogP contribution < -0.4 is 4.90 Å². The predicted octanol–water partition coefficient (Wildman–Crippen LogP) is 4.68. The van der Waals surface area contributed by atoms with Crippen LogP contribution in [-0.2, 0) is 0 Å². The van der Waals surface area contributed by atoms with Gasteiger partial charge in [0.2, 0.25) is 0 Å². The summed E-state index contributed by atoms with van der Waals surface area (Å²) in [4.78, 5) is 2.07. The maximum Gasteiger partial charge on any atom is 0.167 e. The third-order valence-electron chi connectivity index (χ3n) is 3.32. The van der Waals surface area contributed by atoms with E-state index in [9.17, 15) is 0 Å². The quantitative estimate of drug-likeness (QED) is 0.609. The molecule has 106 valence electrons. The number of aromatic nitrogens is 1. The molecule has 3 aromatic rings. The van der Waals surface area contributed by atoms with Crippen molar-refractivity contribution >= 4 is 28.3 Å². The van der Waals surface area contributed by atoms with Gasteiger partial charge in [0, 0.05) is 40.5 Å². The molecule has 1 heterocycles. The summed E-state index contributed by atoms with van der Waals surface area (Å²) in [6, 6.07) is 18.5. The van der Waals surface area contributed by atoms with E-state index in [4.69, 9.17) is 4.52 Å². The Morgan fingerprint density at radius 2 is 1.52 bits per heavy atom. The van der Waals surface area contributed by atoms with Crippen molar-refractivity contribution in [2.24, 2.45) is 0 Å². The molecule has 0 fully saturated rings. The van der Waals surface area contributed by atoms with Crippen molar-refractivity contribution in [2.45, 2.75) is 0 Å². The highest BCUT2D eigenvalue weighted by atomic mass is 127. The first-order valence-corrected chi connectivity index (χ1v) is 7.72. The Balaban J connectivity index is 1.89. The topological polar surface area (TPSA) is 29.3 Å². The van der Waals surface area contributed by atoms with Gasteiger partial charge < -0.3 is 9.42 Å². The van der Waals surface area contributed by atoms with Crippen LogP contribution in [0, 0.1) is 3.57 Å². The number of rotatable bonds is 3. The zero-order valence-electron chi connectivity index (χ0n) is 11.9. The smallest absolute Gasteiger partial charge is 0.167 e. The van der Waals surface area contributed by atoms with Crippen LogP contribution in [0.15, 0.2) is 59.1 Å². The van der Waals surface area contributed by atoms with Crippen molar-refractivity contribution in [1.29, 1.82) is 0 Å². The van der Waals surface area contributed by atoms with Crippen LogP contribution in [0.25, 0.3) is 22.6 Å². The highest BCUT2D eigenvalue weighted by Crippen LogP contribution is 2.27. The molecule has 3 nitrogen and oxygen atoms in total. The number of nitrogens with zero attached hydrogens (tertiary/aromatic N) is 2. The first kappa shape index (κ1) is 14.1. The molecule has 0 atom stereocenters. The fourth-order valence-electron chi connectivity index (χ4n) is 2.09. The summed E-state index contributed by atoms with van der Waals surface area (Å²) in [6.07, 6.45) is 0. The Bertz CT molecular complexity index is 730. The van der Waals surface area contributed by atoms with Crippen LogP contribution in [0.1, 0.15) is 0 Å². The minimum atomic E-state index is 0.786. The van der Waals surface area contributed by atoms with E-state index >= 15 is 0 Å². The highest BCUT2D eigenvalue weighted by molar-refractivity contribution is 14.1. The fourth-order valence-corrected chi connectivity index (χ4v) is 2.45. The second-order valence-corrected chi connectivity index (χ2v) is 6.27. The third-order valence-corrected chi connectivity index (χ3v) is 4.04. The average Bonchev–Trinajstić information content (AvgIpc) is 2.98. The summed E-state index contributed by atoms with van der Waals surface area (Å²) < 4.78 is 6.68. The summed E-state index contributed by atoms with van der Waals surface area (Å²) in [5, 5.41) is 4.16. The Morgan fingerprint density at radius 1 is 0.905 bits per heavy atom. The largest absolute Gasteiger partial charge is 0.378 e. The van der Waals surface area contributed by atoms with Crippen molar-refractivity contribution in [2.75, 3.05) is 19.0 Å². The number of benzene rings is 2. The van der Waals surface area contributed by atoms with Gasteiger partial charge in [-0.1, -0.05) is 17.3 Å². The van der Waals surface area contributed by atoms with Crippen LogP contribution in [0.4, 0.5) is 5.69 Å². The van der Waals surface area contributed by atoms with Crippen LogP contribution >= 0.6 is 22.6 Å². The lowest BCUT2D eigenvalue weighted by atomic mass is 10.1. The van der Waals surface area contributed by atoms with E-state index in [0.29, 0.717) is 0 Å². The summed E-state index contributed by atoms with van der Waals surface area (Å²) in [5.41, 5.74) is 4.12. The van der Waals surface area contributed by atoms with Gasteiger partial charge in [-0.15, -0.1) is 0 Å². The van der Waals surface area contributed by atoms with E-state index < -0.39 is 0 Å². The zero-order chi connectivity index (χ0) is 14.8. The Labute approximate surface area is 137 Å². The summed E-state index contributed by atoms with van der Waals surface area (Å²) in [7, 11) is 4.05. The molecule has 0 amide bonds. The number of halogens is 1. The van der Waals surface area contributed by atoms with E-state index in [-0.39, 0.29) is 0 Å². The molecule has 3 rings (SSSR count). The van der Waals surface area contributed by atoms with Gasteiger partial charge in [-0.2, -0.15) is 0 Å². The fraction of sp³-hybridized carbons (Fsp3) is 0.118. The molecule has 0 radical (unpaired) electrons. The predicted molar refractivity (Wildman–Crippen MR) is 94.4 cm³/mol. The van der Waals surface area contributed by atoms with E-state index in [1.165, 1.54) is 3.57 Å². The molecule has 1 aromatic heterocycles. The molecule has 0 spiro atoms. The zero-order valence-corrected chi connectivity index (χ0v) is 14.0. The van der Waals surface area contributed by atoms with Crippen LogP contribution in [-0.4, -0.2) is 19.3 Å². The summed E-state index contributed by atoms with van der Waals surface area (Å²) >= 11 is 2.29. The molecule has 0 bridgehead atoms. The van der Waals surface area contributed by atoms with Gasteiger partial charge in [0.15, 0.2) is 5.76 Å². The van der Waals surface area contributed by atoms with Gasteiger partial charge in [-0.3, -0.25) is 0 Å². The number of hydrogen-bond donors (Lipinski definition) is 0. The Kier molecular flexibility index (Phi) is 3.96. The Hall–Kier alpha value is -1.82. The van der Waals surface area contributed by atoms with Gasteiger partial charge in [0.25, 0.3) is 0 Å². The molecule has 0 unspecified atom stereocenters. The molecule has 4 heteroatoms. The molecule has 0 saturated heterocycles. The van der Waals surface area contributed by atoms with Gasteiger partial charge in [0.05, 0.1) is 0 Å². The number of anilines is 1. The molecule has 0 N–H and O–H groups in total. The number of hydrogen-bond acceptors (Lipinski definition) is 3. The summed E-state index contributed by atoms with van der Waals surface area (Å²) in [6.45, 7) is 0. The molecule has 2 aromatic carbocycles. The van der Waals surface area contributed by atoms with Crippen LogP contribution in [0.3, 0.4) is 0 Å². The lowest BCUT2D eigenvalue weighted by Gasteiger charge is -2.11. The average molecular weight is 390 g/mol. The lowest BCUT2D eigenvalue weighted by molar-refractivity contribution is 0.435. The molecule has 0 aliphatic carbocycles. The van der Waals surface area contributed by atoms with Crippen molar-refractivity contribution in [1.82, 2.24) is 5.16 Å². The van der Waals surface area contributed by atoms with Gasteiger partial charge >= 0.3 is 0 Å². The van der Waals surface area contributed by atoms with E-state index in [0.717, 1.165) is 28.3 Å². The lowest BCUT2D eigenvalue weighted by Crippen LogP contribution is -2.07.